The van der Waals surface area contributed by atoms with Crippen molar-refractivity contribution < 1.29 is 113 Å². The Balaban J connectivity index is 1.65. The number of aliphatic hydroxyl groups excluding tert-OH is 11. The van der Waals surface area contributed by atoms with Crippen LogP contribution in [0.2, 0.25) is 0 Å². The van der Waals surface area contributed by atoms with E-state index in [1.54, 1.807) is 0 Å². The number of carbonyl (C=O) groups excluding carboxylic acids is 3. The van der Waals surface area contributed by atoms with Crippen LogP contribution in [0.25, 0.3) is 0 Å². The number of hydrogen-bond donors (Lipinski definition) is 11. The Morgan fingerprint density at radius 2 is 1.13 bits per heavy atom. The van der Waals surface area contributed by atoms with Crippen LogP contribution in [0.4, 0.5) is 0 Å². The molecule has 3 saturated heterocycles. The van der Waals surface area contributed by atoms with Crippen LogP contribution in [0.3, 0.4) is 0 Å². The van der Waals surface area contributed by atoms with Crippen LogP contribution < -0.4 is 0 Å². The first kappa shape index (κ1) is 46.6. The average molecular weight is 793 g/mol. The molecule has 0 aliphatic carbocycles. The highest BCUT2D eigenvalue weighted by atomic mass is 16.8. The van der Waals surface area contributed by atoms with Gasteiger partial charge in [-0.3, -0.25) is 9.59 Å². The van der Waals surface area contributed by atoms with E-state index in [0.717, 1.165) is 0 Å². The van der Waals surface area contributed by atoms with Gasteiger partial charge in [0.05, 0.1) is 57.5 Å². The number of aliphatic hydroxyl groups is 11. The molecule has 20 atom stereocenters. The van der Waals surface area contributed by atoms with Crippen LogP contribution in [0.5, 0.6) is 0 Å². The quantitative estimate of drug-likeness (QED) is 0.0358. The van der Waals surface area contributed by atoms with Crippen molar-refractivity contribution >= 4 is 18.9 Å². The van der Waals surface area contributed by atoms with Gasteiger partial charge >= 0.3 is 0 Å². The summed E-state index contributed by atoms with van der Waals surface area (Å²) in [7, 11) is 0. The molecule has 23 heteroatoms. The predicted molar refractivity (Wildman–Crippen MR) is 168 cm³/mol. The summed E-state index contributed by atoms with van der Waals surface area (Å²) in [5, 5.41) is 112. The minimum atomic E-state index is -2.08. The summed E-state index contributed by atoms with van der Waals surface area (Å²) in [6.45, 7) is -1.17. The summed E-state index contributed by atoms with van der Waals surface area (Å²) in [4.78, 5) is 35.8. The van der Waals surface area contributed by atoms with Gasteiger partial charge in [-0.2, -0.15) is 0 Å². The van der Waals surface area contributed by atoms with Crippen molar-refractivity contribution in [2.75, 3.05) is 33.0 Å². The van der Waals surface area contributed by atoms with Gasteiger partial charge in [0, 0.05) is 6.42 Å². The molecular formula is C31H52O23. The van der Waals surface area contributed by atoms with E-state index in [9.17, 15) is 70.6 Å². The Morgan fingerprint density at radius 1 is 0.611 bits per heavy atom. The van der Waals surface area contributed by atoms with Gasteiger partial charge in [-0.25, -0.2) is 0 Å². The maximum absolute atomic E-state index is 12.1. The molecule has 0 amide bonds. The van der Waals surface area contributed by atoms with E-state index in [-0.39, 0.29) is 25.3 Å². The summed E-state index contributed by atoms with van der Waals surface area (Å²) in [5.74, 6) is 0. The van der Waals surface area contributed by atoms with Gasteiger partial charge in [0.25, 0.3) is 0 Å². The van der Waals surface area contributed by atoms with E-state index in [4.69, 9.17) is 42.6 Å². The van der Waals surface area contributed by atoms with Crippen molar-refractivity contribution in [1.82, 2.24) is 0 Å². The molecule has 3 aliphatic rings. The molecule has 11 N–H and O–H groups in total. The number of carbonyl (C=O) groups is 3. The van der Waals surface area contributed by atoms with E-state index >= 15 is 0 Å². The molecule has 23 nitrogen and oxygen atoms in total. The third kappa shape index (κ3) is 11.6. The molecule has 0 aromatic heterocycles. The first-order valence-corrected chi connectivity index (χ1v) is 17.1. The molecule has 3 fully saturated rings. The Labute approximate surface area is 308 Å². The summed E-state index contributed by atoms with van der Waals surface area (Å²) in [5.41, 5.74) is 0. The molecule has 314 valence electrons. The minimum absolute atomic E-state index is 0.0688. The molecule has 0 saturated carbocycles. The van der Waals surface area contributed by atoms with Gasteiger partial charge in [-0.05, 0) is 13.8 Å². The summed E-state index contributed by atoms with van der Waals surface area (Å²) >= 11 is 0. The lowest BCUT2D eigenvalue weighted by molar-refractivity contribution is -0.340. The fourth-order valence-electron chi connectivity index (χ4n) is 5.95. The molecule has 0 aromatic rings. The van der Waals surface area contributed by atoms with Crippen LogP contribution >= 0.6 is 0 Å². The molecule has 3 aliphatic heterocycles. The zero-order chi connectivity index (χ0) is 40.3. The summed E-state index contributed by atoms with van der Waals surface area (Å²) in [6, 6.07) is 0. The van der Waals surface area contributed by atoms with Crippen molar-refractivity contribution in [1.29, 1.82) is 0 Å². The first-order valence-electron chi connectivity index (χ1n) is 17.1. The second-order valence-electron chi connectivity index (χ2n) is 12.9. The topological polar surface area (TPSA) is 357 Å². The van der Waals surface area contributed by atoms with Gasteiger partial charge in [0.2, 0.25) is 12.6 Å². The van der Waals surface area contributed by atoms with Gasteiger partial charge in [-0.1, -0.05) is 0 Å². The maximum Gasteiger partial charge on any atom is 0.215 e. The van der Waals surface area contributed by atoms with Crippen molar-refractivity contribution in [3.05, 3.63) is 0 Å². The van der Waals surface area contributed by atoms with E-state index < -0.39 is 156 Å². The Hall–Kier alpha value is -1.79. The van der Waals surface area contributed by atoms with Crippen LogP contribution in [0.15, 0.2) is 0 Å². The molecule has 0 spiro atoms. The first-order chi connectivity index (χ1) is 25.7. The summed E-state index contributed by atoms with van der Waals surface area (Å²) in [6.07, 6.45) is -31.2. The maximum atomic E-state index is 12.1. The molecule has 54 heavy (non-hydrogen) atoms. The van der Waals surface area contributed by atoms with Crippen LogP contribution in [0.1, 0.15) is 20.3 Å². The molecule has 3 rings (SSSR count). The third-order valence-corrected chi connectivity index (χ3v) is 9.08. The van der Waals surface area contributed by atoms with E-state index in [1.165, 1.54) is 13.8 Å². The van der Waals surface area contributed by atoms with Crippen LogP contribution in [-0.2, 0) is 57.0 Å². The standard InChI is InChI=1S/C31H52O23/c1-12(47-30-24(42)15(40)3-14(4-32)48-30)16(5-33)49-21(10-38)53-29-20(9-37)52-31(27(45)26(29)44)51-18(7-35)17(6-34)50-22(11-39)54-28-19(8-36)46-13(2)23(41)25(28)43/h7,10-34,36-37,40-45H,3-6,8-9H2,1-2H3/t12?,13?,14?,15?,16?,17?,18?,19?,20?,21?,22?,23?,24?,25-,26-,27?,28?,29?,30?,31?/m0/s1. The fourth-order valence-corrected chi connectivity index (χ4v) is 5.95. The number of hydrogen-bond acceptors (Lipinski definition) is 23. The van der Waals surface area contributed by atoms with E-state index in [0.29, 0.717) is 0 Å². The molecular weight excluding hydrogens is 740 g/mol. The number of aldehydes is 3. The van der Waals surface area contributed by atoms with Gasteiger partial charge in [-0.15, -0.1) is 0 Å². The van der Waals surface area contributed by atoms with Gasteiger partial charge in [0.15, 0.2) is 31.4 Å². The molecule has 3 heterocycles. The molecule has 0 bridgehead atoms. The number of rotatable bonds is 22. The highest BCUT2D eigenvalue weighted by Gasteiger charge is 2.49. The smallest absolute Gasteiger partial charge is 0.215 e. The van der Waals surface area contributed by atoms with Gasteiger partial charge < -0.3 is 104 Å². The third-order valence-electron chi connectivity index (χ3n) is 9.08. The lowest BCUT2D eigenvalue weighted by Gasteiger charge is -2.43. The minimum Gasteiger partial charge on any atom is -0.394 e. The average Bonchev–Trinajstić information content (AvgIpc) is 3.17. The van der Waals surface area contributed by atoms with Crippen molar-refractivity contribution in [3.63, 3.8) is 0 Å². The van der Waals surface area contributed by atoms with Crippen molar-refractivity contribution in [2.24, 2.45) is 0 Å². The lowest BCUT2D eigenvalue weighted by Crippen LogP contribution is -2.62. The van der Waals surface area contributed by atoms with Gasteiger partial charge in [0.1, 0.15) is 73.2 Å². The number of ether oxygens (including phenoxy) is 9. The monoisotopic (exact) mass is 792 g/mol. The molecule has 0 aromatic carbocycles. The normalized spacial score (nSPS) is 39.5. The predicted octanol–water partition coefficient (Wildman–Crippen LogP) is -7.68. The lowest BCUT2D eigenvalue weighted by atomic mass is 9.96. The van der Waals surface area contributed by atoms with Crippen molar-refractivity contribution in [2.45, 2.75) is 143 Å². The van der Waals surface area contributed by atoms with Crippen LogP contribution in [0, 0.1) is 0 Å². The molecule has 0 radical (unpaired) electrons. The Morgan fingerprint density at radius 3 is 1.63 bits per heavy atom. The summed E-state index contributed by atoms with van der Waals surface area (Å²) < 4.78 is 49.0. The fraction of sp³-hybridized carbons (Fsp3) is 0.903. The highest BCUT2D eigenvalue weighted by Crippen LogP contribution is 2.29. The second-order valence-corrected chi connectivity index (χ2v) is 12.9. The Kier molecular flexibility index (Phi) is 19.2. The zero-order valence-corrected chi connectivity index (χ0v) is 29.3. The van der Waals surface area contributed by atoms with Crippen molar-refractivity contribution in [3.8, 4) is 0 Å². The highest BCUT2D eigenvalue weighted by molar-refractivity contribution is 5.58. The largest absolute Gasteiger partial charge is 0.394 e. The van der Waals surface area contributed by atoms with E-state index in [1.807, 2.05) is 0 Å². The second kappa shape index (κ2) is 22.2. The van der Waals surface area contributed by atoms with Crippen LogP contribution in [-0.4, -0.2) is 231 Å². The zero-order valence-electron chi connectivity index (χ0n) is 29.3. The Bertz CT molecular complexity index is 1120. The molecule has 18 unspecified atom stereocenters. The van der Waals surface area contributed by atoms with E-state index in [2.05, 4.69) is 0 Å². The SMILES string of the molecule is CC(OC1OC(CO)CC(O)C1O)C(CO)OC(C=O)OC1C(CO)OC(OC(C=O)C(CO)OC(C=O)OC2C(CO)OC(C)C(O)[C@@H]2O)C(O)[C@@H]1O.